The van der Waals surface area contributed by atoms with Crippen LogP contribution in [-0.4, -0.2) is 32.9 Å². The van der Waals surface area contributed by atoms with Gasteiger partial charge in [-0.1, -0.05) is 6.07 Å². The SMILES string of the molecule is Cc1cc(OCc2c(F)cccc2F)c2nc(C)c(C(=O)CC3CCC3NC(=O)OC(C)(C)C)n2c1. The van der Waals surface area contributed by atoms with E-state index in [2.05, 4.69) is 10.3 Å². The van der Waals surface area contributed by atoms with Crippen LogP contribution in [0.25, 0.3) is 5.65 Å². The summed E-state index contributed by atoms with van der Waals surface area (Å²) in [6, 6.07) is 5.25. The number of carbonyl (C=O) groups is 2. The second-order valence-corrected chi connectivity index (χ2v) is 10.3. The fourth-order valence-corrected chi connectivity index (χ4v) is 4.42. The molecule has 1 fully saturated rings. The number of hydrogen-bond donors (Lipinski definition) is 1. The number of nitrogens with one attached hydrogen (secondary N) is 1. The number of fused-ring (bicyclic) bond motifs is 1. The molecule has 9 heteroatoms. The molecule has 1 N–H and O–H groups in total. The first-order valence-electron chi connectivity index (χ1n) is 12.0. The van der Waals surface area contributed by atoms with Crippen LogP contribution in [0.15, 0.2) is 30.5 Å². The molecule has 3 aromatic rings. The van der Waals surface area contributed by atoms with Crippen molar-refractivity contribution < 1.29 is 27.8 Å². The molecule has 0 bridgehead atoms. The minimum atomic E-state index is -0.691. The van der Waals surface area contributed by atoms with Gasteiger partial charge in [0, 0.05) is 18.7 Å². The zero-order valence-electron chi connectivity index (χ0n) is 21.2. The molecule has 7 nitrogen and oxygen atoms in total. The highest BCUT2D eigenvalue weighted by atomic mass is 19.1. The molecule has 0 spiro atoms. The average molecular weight is 500 g/mol. The highest BCUT2D eigenvalue weighted by Crippen LogP contribution is 2.33. The van der Waals surface area contributed by atoms with Gasteiger partial charge in [-0.25, -0.2) is 18.6 Å². The van der Waals surface area contributed by atoms with Gasteiger partial charge in [-0.15, -0.1) is 0 Å². The maximum Gasteiger partial charge on any atom is 0.407 e. The number of hydrogen-bond acceptors (Lipinski definition) is 5. The van der Waals surface area contributed by atoms with Crippen LogP contribution >= 0.6 is 0 Å². The summed E-state index contributed by atoms with van der Waals surface area (Å²) in [4.78, 5) is 30.0. The lowest BCUT2D eigenvalue weighted by molar-refractivity contribution is 0.0425. The maximum atomic E-state index is 14.1. The van der Waals surface area contributed by atoms with E-state index in [1.54, 1.807) is 44.4 Å². The van der Waals surface area contributed by atoms with Crippen LogP contribution in [0.3, 0.4) is 0 Å². The number of aromatic nitrogens is 2. The predicted molar refractivity (Wildman–Crippen MR) is 130 cm³/mol. The summed E-state index contributed by atoms with van der Waals surface area (Å²) in [6.07, 6.45) is 3.16. The second-order valence-electron chi connectivity index (χ2n) is 10.3. The number of Topliss-reactive ketones (excluding diaryl/α,β-unsaturated/α-hetero) is 1. The zero-order chi connectivity index (χ0) is 26.2. The Morgan fingerprint density at radius 1 is 1.17 bits per heavy atom. The van der Waals surface area contributed by atoms with E-state index in [-0.39, 0.29) is 36.3 Å². The molecule has 2 heterocycles. The number of carbonyl (C=O) groups excluding carboxylic acids is 2. The summed E-state index contributed by atoms with van der Waals surface area (Å²) >= 11 is 0. The van der Waals surface area contributed by atoms with Gasteiger partial charge in [0.2, 0.25) is 0 Å². The van der Waals surface area contributed by atoms with Crippen molar-refractivity contribution in [3.63, 3.8) is 0 Å². The summed E-state index contributed by atoms with van der Waals surface area (Å²) in [5.74, 6) is -1.15. The minimum absolute atomic E-state index is 0.000436. The fraction of sp³-hybridized carbons (Fsp3) is 0.444. The number of imidazole rings is 1. The summed E-state index contributed by atoms with van der Waals surface area (Å²) in [7, 11) is 0. The Balaban J connectivity index is 1.52. The lowest BCUT2D eigenvalue weighted by Gasteiger charge is -2.37. The lowest BCUT2D eigenvalue weighted by atomic mass is 9.76. The topological polar surface area (TPSA) is 81.9 Å². The van der Waals surface area contributed by atoms with Crippen molar-refractivity contribution >= 4 is 17.5 Å². The number of halogens is 2. The molecule has 2 aromatic heterocycles. The summed E-state index contributed by atoms with van der Waals surface area (Å²) in [5.41, 5.74) is 1.39. The smallest absolute Gasteiger partial charge is 0.407 e. The van der Waals surface area contributed by atoms with Gasteiger partial charge in [0.15, 0.2) is 17.2 Å². The van der Waals surface area contributed by atoms with Gasteiger partial charge in [0.1, 0.15) is 29.5 Å². The molecule has 4 rings (SSSR count). The minimum Gasteiger partial charge on any atom is -0.485 e. The number of ether oxygens (including phenoxy) is 2. The first kappa shape index (κ1) is 25.6. The Kier molecular flexibility index (Phi) is 7.02. The van der Waals surface area contributed by atoms with E-state index < -0.39 is 23.3 Å². The number of pyridine rings is 1. The molecule has 1 saturated carbocycles. The maximum absolute atomic E-state index is 14.1. The molecule has 1 aliphatic carbocycles. The summed E-state index contributed by atoms with van der Waals surface area (Å²) in [6.45, 7) is 8.67. The van der Waals surface area contributed by atoms with Gasteiger partial charge in [-0.2, -0.15) is 0 Å². The van der Waals surface area contributed by atoms with E-state index in [1.807, 2.05) is 6.92 Å². The van der Waals surface area contributed by atoms with Crippen LogP contribution in [0.1, 0.15) is 67.3 Å². The van der Waals surface area contributed by atoms with Gasteiger partial charge in [-0.3, -0.25) is 9.20 Å². The third-order valence-corrected chi connectivity index (χ3v) is 6.26. The Labute approximate surface area is 208 Å². The number of aryl methyl sites for hydroxylation is 2. The third-order valence-electron chi connectivity index (χ3n) is 6.26. The monoisotopic (exact) mass is 499 g/mol. The molecule has 0 saturated heterocycles. The highest BCUT2D eigenvalue weighted by Gasteiger charge is 2.36. The van der Waals surface area contributed by atoms with Crippen LogP contribution < -0.4 is 10.1 Å². The van der Waals surface area contributed by atoms with Crippen LogP contribution in [0.2, 0.25) is 0 Å². The van der Waals surface area contributed by atoms with Gasteiger partial charge in [0.25, 0.3) is 0 Å². The fourth-order valence-electron chi connectivity index (χ4n) is 4.42. The zero-order valence-corrected chi connectivity index (χ0v) is 21.2. The Morgan fingerprint density at radius 2 is 1.86 bits per heavy atom. The van der Waals surface area contributed by atoms with Crippen LogP contribution in [-0.2, 0) is 11.3 Å². The van der Waals surface area contributed by atoms with E-state index in [0.717, 1.165) is 18.4 Å². The third kappa shape index (κ3) is 5.50. The number of nitrogens with zero attached hydrogens (tertiary/aromatic N) is 2. The summed E-state index contributed by atoms with van der Waals surface area (Å²) < 4.78 is 40.9. The van der Waals surface area contributed by atoms with Crippen molar-refractivity contribution in [2.24, 2.45) is 5.92 Å². The average Bonchev–Trinajstić information content (AvgIpc) is 3.09. The van der Waals surface area contributed by atoms with Crippen molar-refractivity contribution in [2.45, 2.75) is 72.1 Å². The predicted octanol–water partition coefficient (Wildman–Crippen LogP) is 5.68. The molecule has 1 aromatic carbocycles. The number of ketones is 1. The molecule has 36 heavy (non-hydrogen) atoms. The van der Waals surface area contributed by atoms with E-state index >= 15 is 0 Å². The highest BCUT2D eigenvalue weighted by molar-refractivity contribution is 5.97. The first-order valence-corrected chi connectivity index (χ1v) is 12.0. The normalized spacial score (nSPS) is 17.5. The molecular weight excluding hydrogens is 468 g/mol. The quantitative estimate of drug-likeness (QED) is 0.423. The Bertz CT molecular complexity index is 1290. The summed E-state index contributed by atoms with van der Waals surface area (Å²) in [5, 5.41) is 2.87. The molecule has 2 atom stereocenters. The number of amides is 1. The van der Waals surface area contributed by atoms with Crippen LogP contribution in [0.5, 0.6) is 5.75 Å². The van der Waals surface area contributed by atoms with E-state index in [9.17, 15) is 18.4 Å². The first-order chi connectivity index (χ1) is 16.9. The molecule has 1 amide bonds. The van der Waals surface area contributed by atoms with Crippen molar-refractivity contribution in [3.8, 4) is 5.75 Å². The number of alkyl carbamates (subject to hydrolysis) is 1. The number of benzene rings is 1. The van der Waals surface area contributed by atoms with Gasteiger partial charge < -0.3 is 14.8 Å². The molecule has 1 aliphatic rings. The second kappa shape index (κ2) is 9.87. The Morgan fingerprint density at radius 3 is 2.47 bits per heavy atom. The van der Waals surface area contributed by atoms with E-state index in [1.165, 1.54) is 18.2 Å². The largest absolute Gasteiger partial charge is 0.485 e. The van der Waals surface area contributed by atoms with Crippen LogP contribution in [0, 0.1) is 31.4 Å². The van der Waals surface area contributed by atoms with E-state index in [0.29, 0.717) is 22.8 Å². The van der Waals surface area contributed by atoms with Crippen molar-refractivity contribution in [1.29, 1.82) is 0 Å². The van der Waals surface area contributed by atoms with Crippen LogP contribution in [0.4, 0.5) is 13.6 Å². The van der Waals surface area contributed by atoms with Crippen molar-refractivity contribution in [1.82, 2.24) is 14.7 Å². The molecule has 0 aliphatic heterocycles. The van der Waals surface area contributed by atoms with E-state index in [4.69, 9.17) is 9.47 Å². The van der Waals surface area contributed by atoms with Gasteiger partial charge >= 0.3 is 6.09 Å². The van der Waals surface area contributed by atoms with Crippen molar-refractivity contribution in [3.05, 3.63) is 64.6 Å². The molecular formula is C27H31F2N3O4. The molecule has 0 radical (unpaired) electrons. The standard InChI is InChI=1S/C27H31F2N3O4/c1-15-11-23(35-14-18-19(28)7-6-8-20(18)29)25-30-16(2)24(32(25)13-15)22(33)12-17-9-10-21(17)31-26(34)36-27(3,4)5/h6-8,11,13,17,21H,9-10,12,14H2,1-5H3,(H,31,34). The lowest BCUT2D eigenvalue weighted by Crippen LogP contribution is -2.49. The van der Waals surface area contributed by atoms with Gasteiger partial charge in [0.05, 0.1) is 11.3 Å². The number of rotatable bonds is 7. The molecule has 192 valence electrons. The molecule has 2 unspecified atom stereocenters. The Hall–Kier alpha value is -3.49. The van der Waals surface area contributed by atoms with Crippen molar-refractivity contribution in [2.75, 3.05) is 0 Å². The van der Waals surface area contributed by atoms with Gasteiger partial charge in [-0.05, 0) is 77.1 Å².